The lowest BCUT2D eigenvalue weighted by Gasteiger charge is -2.47. The zero-order valence-electron chi connectivity index (χ0n) is 52.8. The van der Waals surface area contributed by atoms with E-state index in [1.165, 1.54) is 27.3 Å². The maximum atomic E-state index is 8.00. The van der Waals surface area contributed by atoms with Crippen LogP contribution < -0.4 is 52.1 Å². The van der Waals surface area contributed by atoms with Gasteiger partial charge >= 0.3 is 0 Å². The monoisotopic (exact) mass is 1210 g/mol. The summed E-state index contributed by atoms with van der Waals surface area (Å²) in [4.78, 5) is 5.18. The number of aromatic nitrogens is 1. The number of hydrogen-bond donors (Lipinski definition) is 0. The Balaban J connectivity index is 0.963. The van der Waals surface area contributed by atoms with E-state index in [9.17, 15) is 0 Å². The summed E-state index contributed by atoms with van der Waals surface area (Å²) in [6.45, 7) is 6.40. The Morgan fingerprint density at radius 3 is 1.34 bits per heavy atom. The van der Waals surface area contributed by atoms with Gasteiger partial charge in [-0.3, -0.25) is 0 Å². The SMILES string of the molecule is CC(C)(C)c1cc2c3c(c1)N(c1ccccc1-c1ccccc1)c1cc4c5c(c1B3c1ccc(-n3c6ccccc6c6ccccc63)cc1N2c1ccccc1-c1ccccc1)Oc1ccc(-c2ccccc2)cc1B5c1cc(-c2ccccc2)cc(-c2ccccc2)c1O4. The summed E-state index contributed by atoms with van der Waals surface area (Å²) in [5, 5.41) is 2.44. The predicted octanol–water partition coefficient (Wildman–Crippen LogP) is 19.2. The molecule has 446 valence electrons. The molecule has 4 aliphatic heterocycles. The van der Waals surface area contributed by atoms with Crippen molar-refractivity contribution in [2.45, 2.75) is 26.2 Å². The van der Waals surface area contributed by atoms with Gasteiger partial charge in [-0.15, -0.1) is 0 Å². The van der Waals surface area contributed by atoms with Crippen molar-refractivity contribution in [2.75, 3.05) is 9.80 Å². The number of fused-ring (bicyclic) bond motifs is 12. The van der Waals surface area contributed by atoms with Crippen LogP contribution in [0, 0.1) is 0 Å². The summed E-state index contributed by atoms with van der Waals surface area (Å²) in [6.07, 6.45) is 0. The van der Waals surface area contributed by atoms with E-state index < -0.39 is 0 Å². The van der Waals surface area contributed by atoms with Crippen molar-refractivity contribution in [3.05, 3.63) is 321 Å². The summed E-state index contributed by atoms with van der Waals surface area (Å²) in [6, 6.07) is 116. The van der Waals surface area contributed by atoms with Gasteiger partial charge in [-0.25, -0.2) is 0 Å². The number of anilines is 6. The van der Waals surface area contributed by atoms with Crippen molar-refractivity contribution < 1.29 is 9.47 Å². The quantitative estimate of drug-likeness (QED) is 0.142. The molecule has 5 heterocycles. The number of ether oxygens (including phenoxy) is 2. The van der Waals surface area contributed by atoms with E-state index in [-0.39, 0.29) is 18.8 Å². The van der Waals surface area contributed by atoms with E-state index in [0.29, 0.717) is 0 Å². The highest BCUT2D eigenvalue weighted by atomic mass is 16.5. The molecule has 19 rings (SSSR count). The average molecular weight is 1210 g/mol. The molecule has 14 aromatic carbocycles. The summed E-state index contributed by atoms with van der Waals surface area (Å²) in [5.74, 6) is 3.25. The summed E-state index contributed by atoms with van der Waals surface area (Å²) in [5.41, 5.74) is 28.6. The molecule has 1 aromatic heterocycles. The molecule has 0 bridgehead atoms. The molecular formula is C88H61B2N3O2. The normalized spacial score (nSPS) is 13.1. The van der Waals surface area contributed by atoms with Crippen LogP contribution in [0.4, 0.5) is 34.1 Å². The average Bonchev–Trinajstić information content (AvgIpc) is 0.929. The maximum Gasteiger partial charge on any atom is 0.260 e. The lowest BCUT2D eigenvalue weighted by molar-refractivity contribution is 0.468. The third-order valence-electron chi connectivity index (χ3n) is 20.2. The van der Waals surface area contributed by atoms with Crippen LogP contribution in [-0.4, -0.2) is 18.0 Å². The first-order chi connectivity index (χ1) is 46.8. The Bertz CT molecular complexity index is 5560. The van der Waals surface area contributed by atoms with E-state index in [4.69, 9.17) is 9.47 Å². The van der Waals surface area contributed by atoms with Crippen molar-refractivity contribution >= 4 is 102 Å². The smallest absolute Gasteiger partial charge is 0.260 e. The number of hydrogen-bond acceptors (Lipinski definition) is 4. The molecule has 0 saturated carbocycles. The van der Waals surface area contributed by atoms with E-state index in [1.807, 2.05) is 0 Å². The minimum Gasteiger partial charge on any atom is -0.459 e. The second-order valence-corrected chi connectivity index (χ2v) is 26.6. The number of para-hydroxylation sites is 4. The van der Waals surface area contributed by atoms with Gasteiger partial charge in [0.2, 0.25) is 0 Å². The lowest BCUT2D eigenvalue weighted by atomic mass is 9.30. The van der Waals surface area contributed by atoms with Crippen LogP contribution in [0.5, 0.6) is 23.0 Å². The van der Waals surface area contributed by atoms with Crippen LogP contribution in [0.2, 0.25) is 0 Å². The highest BCUT2D eigenvalue weighted by molar-refractivity contribution is 7.03. The third kappa shape index (κ3) is 8.59. The predicted molar refractivity (Wildman–Crippen MR) is 398 cm³/mol. The molecule has 0 atom stereocenters. The Kier molecular flexibility index (Phi) is 12.4. The highest BCUT2D eigenvalue weighted by Crippen LogP contribution is 2.53. The summed E-state index contributed by atoms with van der Waals surface area (Å²) < 4.78 is 18.3. The minimum absolute atomic E-state index is 0.290. The first-order valence-corrected chi connectivity index (χ1v) is 33.0. The Morgan fingerprint density at radius 2 is 0.758 bits per heavy atom. The van der Waals surface area contributed by atoms with Crippen LogP contribution in [0.1, 0.15) is 26.3 Å². The van der Waals surface area contributed by atoms with Gasteiger partial charge in [0.1, 0.15) is 23.0 Å². The van der Waals surface area contributed by atoms with Gasteiger partial charge < -0.3 is 23.8 Å². The molecule has 0 radical (unpaired) electrons. The van der Waals surface area contributed by atoms with Crippen molar-refractivity contribution in [2.24, 2.45) is 0 Å². The van der Waals surface area contributed by atoms with Crippen LogP contribution in [0.25, 0.3) is 83.1 Å². The Hall–Kier alpha value is -11.8. The van der Waals surface area contributed by atoms with Gasteiger partial charge in [0, 0.05) is 67.4 Å². The largest absolute Gasteiger partial charge is 0.459 e. The van der Waals surface area contributed by atoms with E-state index in [2.05, 4.69) is 351 Å². The highest BCUT2D eigenvalue weighted by Gasteiger charge is 2.51. The van der Waals surface area contributed by atoms with Gasteiger partial charge in [0.25, 0.3) is 13.4 Å². The van der Waals surface area contributed by atoms with Crippen molar-refractivity contribution in [1.82, 2.24) is 4.57 Å². The Morgan fingerprint density at radius 1 is 0.284 bits per heavy atom. The zero-order valence-corrected chi connectivity index (χ0v) is 52.8. The van der Waals surface area contributed by atoms with E-state index >= 15 is 0 Å². The topological polar surface area (TPSA) is 29.9 Å². The van der Waals surface area contributed by atoms with Crippen molar-refractivity contribution in [1.29, 1.82) is 0 Å². The van der Waals surface area contributed by atoms with Crippen LogP contribution in [0.3, 0.4) is 0 Å². The maximum absolute atomic E-state index is 8.00. The molecule has 0 saturated heterocycles. The van der Waals surface area contributed by atoms with Crippen molar-refractivity contribution in [3.8, 4) is 84.3 Å². The van der Waals surface area contributed by atoms with E-state index in [0.717, 1.165) is 151 Å². The van der Waals surface area contributed by atoms with Gasteiger partial charge in [-0.2, -0.15) is 0 Å². The van der Waals surface area contributed by atoms with Crippen LogP contribution in [-0.2, 0) is 5.41 Å². The molecule has 0 fully saturated rings. The summed E-state index contributed by atoms with van der Waals surface area (Å²) in [7, 11) is 0. The Labute approximate surface area is 554 Å². The van der Waals surface area contributed by atoms with Gasteiger partial charge in [0.15, 0.2) is 0 Å². The zero-order chi connectivity index (χ0) is 63.0. The fourth-order valence-electron chi connectivity index (χ4n) is 15.9. The number of nitrogens with zero attached hydrogens (tertiary/aromatic N) is 3. The molecule has 95 heavy (non-hydrogen) atoms. The van der Waals surface area contributed by atoms with Crippen LogP contribution >= 0.6 is 0 Å². The molecule has 7 heteroatoms. The second kappa shape index (κ2) is 21.4. The first-order valence-electron chi connectivity index (χ1n) is 33.0. The minimum atomic E-state index is -0.352. The molecule has 15 aromatic rings. The fourth-order valence-corrected chi connectivity index (χ4v) is 15.9. The number of rotatable bonds is 8. The number of benzene rings is 14. The van der Waals surface area contributed by atoms with Crippen LogP contribution in [0.15, 0.2) is 315 Å². The molecule has 0 spiro atoms. The van der Waals surface area contributed by atoms with Crippen molar-refractivity contribution in [3.63, 3.8) is 0 Å². The summed E-state index contributed by atoms with van der Waals surface area (Å²) >= 11 is 0. The first kappa shape index (κ1) is 54.9. The molecule has 4 aliphatic rings. The van der Waals surface area contributed by atoms with Gasteiger partial charge in [-0.1, -0.05) is 269 Å². The second-order valence-electron chi connectivity index (χ2n) is 26.6. The van der Waals surface area contributed by atoms with Gasteiger partial charge in [0.05, 0.1) is 22.4 Å². The lowest BCUT2D eigenvalue weighted by Crippen LogP contribution is -2.65. The molecule has 5 nitrogen and oxygen atoms in total. The van der Waals surface area contributed by atoms with E-state index in [1.54, 1.807) is 0 Å². The third-order valence-corrected chi connectivity index (χ3v) is 20.2. The molecular weight excluding hydrogens is 1150 g/mol. The van der Waals surface area contributed by atoms with Gasteiger partial charge in [-0.05, 0) is 138 Å². The molecule has 0 N–H and O–H groups in total. The standard InChI is InChI=1S/C88H61B2N3O2/c1-88(2,3)63-52-78-83-79(53-63)93(74-42-24-20-38-66(74)59-33-15-7-16-34-59)80-55-82-85-87(94-81-48-45-61(56-27-9-4-10-28-56)50-71(81)89(85)72-51-62(57-29-11-5-12-30-57)49-69(86(72)95-82)60-35-17-8-18-36-60)84(80)90(83)70-47-46-64(91-75-43-25-21-39-67(75)68-40-22-26-44-76(68)91)54-77(70)92(78)73-41-23-19-37-65(73)58-31-13-6-14-32-58/h4-55H,1-3H3. The molecule has 0 unspecified atom stereocenters. The molecule has 0 aliphatic carbocycles. The fraction of sp³-hybridized carbons (Fsp3) is 0.0455. The molecule has 0 amide bonds.